The van der Waals surface area contributed by atoms with Gasteiger partial charge < -0.3 is 10.3 Å². The van der Waals surface area contributed by atoms with Crippen molar-refractivity contribution < 1.29 is 4.79 Å². The third-order valence-corrected chi connectivity index (χ3v) is 3.07. The molecule has 16 heavy (non-hydrogen) atoms. The van der Waals surface area contributed by atoms with Crippen molar-refractivity contribution in [2.75, 3.05) is 6.54 Å². The van der Waals surface area contributed by atoms with Gasteiger partial charge in [-0.2, -0.15) is 0 Å². The van der Waals surface area contributed by atoms with Crippen LogP contribution in [-0.2, 0) is 7.05 Å². The first-order valence-electron chi connectivity index (χ1n) is 5.03. The number of aromatic nitrogens is 1. The predicted molar refractivity (Wildman–Crippen MR) is 66.1 cm³/mol. The summed E-state index contributed by atoms with van der Waals surface area (Å²) in [5, 5.41) is 1.40. The van der Waals surface area contributed by atoms with Crippen molar-refractivity contribution in [2.45, 2.75) is 6.92 Å². The molecular weight excluding hydrogens is 224 g/mol. The number of rotatable bonds is 2. The van der Waals surface area contributed by atoms with Gasteiger partial charge in [-0.25, -0.2) is 0 Å². The summed E-state index contributed by atoms with van der Waals surface area (Å²) in [5.74, 6) is -0.0851. The Balaban J connectivity index is 2.88. The normalized spacial score (nSPS) is 11.0. The zero-order chi connectivity index (χ0) is 11.9. The maximum atomic E-state index is 11.7. The monoisotopic (exact) mass is 236 g/mol. The van der Waals surface area contributed by atoms with Gasteiger partial charge in [-0.05, 0) is 18.6 Å². The Hall–Kier alpha value is -1.32. The fourth-order valence-electron chi connectivity index (χ4n) is 2.03. The molecule has 0 bridgehead atoms. The minimum Gasteiger partial charge on any atom is -0.350 e. The van der Waals surface area contributed by atoms with Gasteiger partial charge in [0.2, 0.25) is 0 Å². The lowest BCUT2D eigenvalue weighted by Gasteiger charge is -2.02. The van der Waals surface area contributed by atoms with E-state index in [1.54, 1.807) is 6.20 Å². The molecule has 0 saturated heterocycles. The van der Waals surface area contributed by atoms with E-state index in [9.17, 15) is 4.79 Å². The summed E-state index contributed by atoms with van der Waals surface area (Å²) in [7, 11) is 1.90. The van der Waals surface area contributed by atoms with E-state index in [0.717, 1.165) is 16.5 Å². The number of fused-ring (bicyclic) bond motifs is 1. The van der Waals surface area contributed by atoms with E-state index in [2.05, 4.69) is 0 Å². The molecule has 84 valence electrons. The largest absolute Gasteiger partial charge is 0.350 e. The highest BCUT2D eigenvalue weighted by atomic mass is 35.5. The second kappa shape index (κ2) is 3.92. The molecule has 1 heterocycles. The van der Waals surface area contributed by atoms with E-state index in [-0.39, 0.29) is 12.3 Å². The summed E-state index contributed by atoms with van der Waals surface area (Å²) in [6.45, 7) is 2.00. The number of hydrogen-bond donors (Lipinski definition) is 1. The van der Waals surface area contributed by atoms with E-state index in [1.165, 1.54) is 0 Å². The van der Waals surface area contributed by atoms with Gasteiger partial charge in [0.25, 0.3) is 0 Å². The second-order valence-electron chi connectivity index (χ2n) is 3.87. The molecule has 0 aliphatic heterocycles. The lowest BCUT2D eigenvalue weighted by Crippen LogP contribution is -2.13. The van der Waals surface area contributed by atoms with E-state index in [0.29, 0.717) is 10.6 Å². The number of benzene rings is 1. The van der Waals surface area contributed by atoms with Crippen LogP contribution in [0.3, 0.4) is 0 Å². The van der Waals surface area contributed by atoms with Crippen molar-refractivity contribution in [2.24, 2.45) is 12.8 Å². The van der Waals surface area contributed by atoms with Crippen LogP contribution >= 0.6 is 11.6 Å². The Bertz CT molecular complexity index is 572. The van der Waals surface area contributed by atoms with Crippen molar-refractivity contribution in [1.29, 1.82) is 0 Å². The summed E-state index contributed by atoms with van der Waals surface area (Å²) < 4.78 is 1.92. The average molecular weight is 237 g/mol. The molecule has 0 unspecified atom stereocenters. The van der Waals surface area contributed by atoms with E-state index >= 15 is 0 Å². The highest BCUT2D eigenvalue weighted by Crippen LogP contribution is 2.30. The number of hydrogen-bond acceptors (Lipinski definition) is 2. The van der Waals surface area contributed by atoms with Gasteiger partial charge in [-0.1, -0.05) is 17.7 Å². The first kappa shape index (κ1) is 11.2. The quantitative estimate of drug-likeness (QED) is 0.814. The van der Waals surface area contributed by atoms with Crippen molar-refractivity contribution in [1.82, 2.24) is 4.57 Å². The van der Waals surface area contributed by atoms with Crippen LogP contribution in [0.25, 0.3) is 10.9 Å². The Labute approximate surface area is 98.8 Å². The molecule has 0 saturated carbocycles. The molecule has 0 spiro atoms. The van der Waals surface area contributed by atoms with E-state index < -0.39 is 0 Å². The molecular formula is C12H13ClN2O. The first-order chi connectivity index (χ1) is 7.56. The minimum atomic E-state index is -0.0851. The average Bonchev–Trinajstić information content (AvgIpc) is 2.62. The topological polar surface area (TPSA) is 48.0 Å². The number of nitrogens with two attached hydrogens (primary N) is 1. The highest BCUT2D eigenvalue weighted by Gasteiger charge is 2.16. The number of nitrogens with zero attached hydrogens (tertiary/aromatic N) is 1. The fraction of sp³-hybridized carbons (Fsp3) is 0.250. The number of ketones is 1. The number of aryl methyl sites for hydroxylation is 2. The smallest absolute Gasteiger partial charge is 0.178 e. The lowest BCUT2D eigenvalue weighted by atomic mass is 10.1. The molecule has 0 amide bonds. The summed E-state index contributed by atoms with van der Waals surface area (Å²) in [6.07, 6.45) is 1.79. The van der Waals surface area contributed by atoms with Gasteiger partial charge in [0.1, 0.15) is 0 Å². The van der Waals surface area contributed by atoms with Crippen molar-refractivity contribution in [3.8, 4) is 0 Å². The molecule has 1 aromatic carbocycles. The van der Waals surface area contributed by atoms with Crippen LogP contribution in [0.1, 0.15) is 15.9 Å². The fourth-order valence-corrected chi connectivity index (χ4v) is 2.28. The van der Waals surface area contributed by atoms with Crippen LogP contribution in [0, 0.1) is 6.92 Å². The SMILES string of the molecule is Cc1ccc(Cl)c2c(C(=O)CN)cn(C)c12. The molecule has 0 aliphatic carbocycles. The highest BCUT2D eigenvalue weighted by molar-refractivity contribution is 6.37. The molecule has 0 atom stereocenters. The van der Waals surface area contributed by atoms with Gasteiger partial charge in [0.05, 0.1) is 17.1 Å². The van der Waals surface area contributed by atoms with Gasteiger partial charge in [0, 0.05) is 24.2 Å². The van der Waals surface area contributed by atoms with Gasteiger partial charge in [-0.3, -0.25) is 4.79 Å². The maximum absolute atomic E-state index is 11.7. The third-order valence-electron chi connectivity index (χ3n) is 2.76. The van der Waals surface area contributed by atoms with Crippen molar-refractivity contribution >= 4 is 28.3 Å². The minimum absolute atomic E-state index is 0.00336. The van der Waals surface area contributed by atoms with Crippen LogP contribution in [0.2, 0.25) is 5.02 Å². The maximum Gasteiger partial charge on any atom is 0.178 e. The van der Waals surface area contributed by atoms with Gasteiger partial charge in [-0.15, -0.1) is 0 Å². The molecule has 0 radical (unpaired) electrons. The van der Waals surface area contributed by atoms with Crippen molar-refractivity contribution in [3.63, 3.8) is 0 Å². The zero-order valence-electron chi connectivity index (χ0n) is 9.25. The zero-order valence-corrected chi connectivity index (χ0v) is 10.0. The Morgan fingerprint density at radius 3 is 2.81 bits per heavy atom. The molecule has 2 rings (SSSR count). The van der Waals surface area contributed by atoms with Crippen LogP contribution < -0.4 is 5.73 Å². The van der Waals surface area contributed by atoms with Gasteiger partial charge >= 0.3 is 0 Å². The molecule has 0 aliphatic rings. The molecule has 1 aromatic heterocycles. The molecule has 4 heteroatoms. The predicted octanol–water partition coefficient (Wildman–Crippen LogP) is 2.28. The number of carbonyl (C=O) groups excluding carboxylic acids is 1. The lowest BCUT2D eigenvalue weighted by molar-refractivity contribution is 0.100. The number of carbonyl (C=O) groups is 1. The van der Waals surface area contributed by atoms with E-state index in [1.807, 2.05) is 30.7 Å². The standard InChI is InChI=1S/C12H13ClN2O/c1-7-3-4-9(13)11-8(10(16)5-14)6-15(2)12(7)11/h3-4,6H,5,14H2,1-2H3. The van der Waals surface area contributed by atoms with Crippen molar-refractivity contribution in [3.05, 3.63) is 34.5 Å². The summed E-state index contributed by atoms with van der Waals surface area (Å²) >= 11 is 6.14. The summed E-state index contributed by atoms with van der Waals surface area (Å²) in [6, 6.07) is 3.76. The number of halogens is 1. The van der Waals surface area contributed by atoms with Crippen LogP contribution in [0.4, 0.5) is 0 Å². The third kappa shape index (κ3) is 1.52. The van der Waals surface area contributed by atoms with Crippen LogP contribution in [0.15, 0.2) is 18.3 Å². The Kier molecular flexibility index (Phi) is 2.74. The van der Waals surface area contributed by atoms with Gasteiger partial charge in [0.15, 0.2) is 5.78 Å². The number of Topliss-reactive ketones (excluding diaryl/α,β-unsaturated/α-hetero) is 1. The van der Waals surface area contributed by atoms with Crippen LogP contribution in [0.5, 0.6) is 0 Å². The molecule has 2 N–H and O–H groups in total. The molecule has 0 fully saturated rings. The van der Waals surface area contributed by atoms with E-state index in [4.69, 9.17) is 17.3 Å². The van der Waals surface area contributed by atoms with Crippen LogP contribution in [-0.4, -0.2) is 16.9 Å². The Morgan fingerprint density at radius 1 is 1.50 bits per heavy atom. The second-order valence-corrected chi connectivity index (χ2v) is 4.28. The summed E-state index contributed by atoms with van der Waals surface area (Å²) in [5.41, 5.74) is 8.08. The molecule has 3 nitrogen and oxygen atoms in total. The summed E-state index contributed by atoms with van der Waals surface area (Å²) in [4.78, 5) is 11.7. The molecule has 2 aromatic rings. The first-order valence-corrected chi connectivity index (χ1v) is 5.41. The Morgan fingerprint density at radius 2 is 2.19 bits per heavy atom.